The molecule has 0 spiro atoms. The largest absolute Gasteiger partial charge is 0.468 e. The molecule has 1 rings (SSSR count). The van der Waals surface area contributed by atoms with Crippen molar-refractivity contribution in [3.63, 3.8) is 0 Å². The highest BCUT2D eigenvalue weighted by molar-refractivity contribution is 7.99. The number of nitrogens with one attached hydrogen (secondary N) is 1. The van der Waals surface area contributed by atoms with Gasteiger partial charge in [0.15, 0.2) is 0 Å². The van der Waals surface area contributed by atoms with Gasteiger partial charge in [0.05, 0.1) is 7.11 Å². The zero-order valence-electron chi connectivity index (χ0n) is 10.0. The molecule has 1 fully saturated rings. The minimum Gasteiger partial charge on any atom is -0.468 e. The smallest absolute Gasteiger partial charge is 0.325 e. The monoisotopic (exact) mass is 231 g/mol. The molecule has 0 saturated carbocycles. The molecule has 2 atom stereocenters. The van der Waals surface area contributed by atoms with Gasteiger partial charge in [0.1, 0.15) is 5.54 Å². The van der Waals surface area contributed by atoms with E-state index in [4.69, 9.17) is 4.74 Å². The van der Waals surface area contributed by atoms with Crippen LogP contribution in [0.25, 0.3) is 0 Å². The molecule has 1 aliphatic heterocycles. The van der Waals surface area contributed by atoms with Crippen LogP contribution in [0.3, 0.4) is 0 Å². The van der Waals surface area contributed by atoms with Gasteiger partial charge in [0.2, 0.25) is 0 Å². The van der Waals surface area contributed by atoms with Gasteiger partial charge >= 0.3 is 5.97 Å². The van der Waals surface area contributed by atoms with Gasteiger partial charge in [-0.25, -0.2) is 0 Å². The lowest BCUT2D eigenvalue weighted by Gasteiger charge is -2.35. The Morgan fingerprint density at radius 1 is 1.53 bits per heavy atom. The van der Waals surface area contributed by atoms with Gasteiger partial charge in [-0.15, -0.1) is 0 Å². The number of hydrogen-bond acceptors (Lipinski definition) is 4. The molecular formula is C11H21NO2S. The minimum absolute atomic E-state index is 0.190. The normalized spacial score (nSPS) is 27.5. The lowest BCUT2D eigenvalue weighted by molar-refractivity contribution is -0.147. The van der Waals surface area contributed by atoms with E-state index in [1.165, 1.54) is 19.3 Å². The quantitative estimate of drug-likeness (QED) is 0.752. The SMILES string of the molecule is COC(=O)C(C)(C)NC1CCCSC1C. The molecule has 0 aliphatic carbocycles. The molecule has 0 aromatic rings. The van der Waals surface area contributed by atoms with Crippen LogP contribution in [-0.4, -0.2) is 35.7 Å². The van der Waals surface area contributed by atoms with E-state index < -0.39 is 5.54 Å². The summed E-state index contributed by atoms with van der Waals surface area (Å²) in [6.45, 7) is 5.98. The summed E-state index contributed by atoms with van der Waals surface area (Å²) in [5.41, 5.74) is -0.578. The van der Waals surface area contributed by atoms with Crippen molar-refractivity contribution in [1.82, 2.24) is 5.32 Å². The molecule has 0 bridgehead atoms. The van der Waals surface area contributed by atoms with Crippen molar-refractivity contribution >= 4 is 17.7 Å². The third-order valence-electron chi connectivity index (χ3n) is 2.85. The van der Waals surface area contributed by atoms with Gasteiger partial charge in [0, 0.05) is 11.3 Å². The molecule has 0 amide bonds. The predicted octanol–water partition coefficient (Wildman–Crippen LogP) is 1.81. The Labute approximate surface area is 96.3 Å². The molecule has 88 valence electrons. The summed E-state index contributed by atoms with van der Waals surface area (Å²) in [5.74, 6) is 1.04. The number of ether oxygens (including phenoxy) is 1. The second kappa shape index (κ2) is 5.21. The van der Waals surface area contributed by atoms with Crippen molar-refractivity contribution in [3.8, 4) is 0 Å². The number of esters is 1. The van der Waals surface area contributed by atoms with Gasteiger partial charge in [-0.1, -0.05) is 6.92 Å². The number of carbonyl (C=O) groups excluding carboxylic acids is 1. The summed E-state index contributed by atoms with van der Waals surface area (Å²) in [5, 5.41) is 3.97. The standard InChI is InChI=1S/C11H21NO2S/c1-8-9(6-5-7-15-8)12-11(2,3)10(13)14-4/h8-9,12H,5-7H2,1-4H3. The van der Waals surface area contributed by atoms with E-state index in [0.717, 1.165) is 6.42 Å². The Morgan fingerprint density at radius 3 is 2.73 bits per heavy atom. The van der Waals surface area contributed by atoms with Crippen LogP contribution in [-0.2, 0) is 9.53 Å². The first-order valence-corrected chi connectivity index (χ1v) is 6.50. The van der Waals surface area contributed by atoms with E-state index in [2.05, 4.69) is 12.2 Å². The van der Waals surface area contributed by atoms with E-state index >= 15 is 0 Å². The molecule has 1 N–H and O–H groups in total. The van der Waals surface area contributed by atoms with Crippen molar-refractivity contribution in [2.75, 3.05) is 12.9 Å². The molecule has 1 aliphatic rings. The van der Waals surface area contributed by atoms with E-state index in [1.807, 2.05) is 25.6 Å². The Morgan fingerprint density at radius 2 is 2.20 bits per heavy atom. The maximum atomic E-state index is 11.5. The van der Waals surface area contributed by atoms with Gasteiger partial charge in [0.25, 0.3) is 0 Å². The van der Waals surface area contributed by atoms with Crippen molar-refractivity contribution in [2.24, 2.45) is 0 Å². The van der Waals surface area contributed by atoms with E-state index in [0.29, 0.717) is 11.3 Å². The fraction of sp³-hybridized carbons (Fsp3) is 0.909. The Bertz CT molecular complexity index is 231. The van der Waals surface area contributed by atoms with Crippen molar-refractivity contribution in [3.05, 3.63) is 0 Å². The Hall–Kier alpha value is -0.220. The van der Waals surface area contributed by atoms with Crippen molar-refractivity contribution in [1.29, 1.82) is 0 Å². The first kappa shape index (κ1) is 12.8. The maximum Gasteiger partial charge on any atom is 0.325 e. The number of hydrogen-bond donors (Lipinski definition) is 1. The second-order valence-corrected chi connectivity index (χ2v) is 6.07. The average Bonchev–Trinajstić information content (AvgIpc) is 2.20. The summed E-state index contributed by atoms with van der Waals surface area (Å²) in [4.78, 5) is 11.5. The molecule has 0 aromatic carbocycles. The fourth-order valence-electron chi connectivity index (χ4n) is 1.89. The minimum atomic E-state index is -0.578. The topological polar surface area (TPSA) is 38.3 Å². The molecule has 15 heavy (non-hydrogen) atoms. The van der Waals surface area contributed by atoms with E-state index in [1.54, 1.807) is 0 Å². The molecule has 2 unspecified atom stereocenters. The van der Waals surface area contributed by atoms with E-state index in [-0.39, 0.29) is 5.97 Å². The van der Waals surface area contributed by atoms with Crippen LogP contribution in [0.1, 0.15) is 33.6 Å². The summed E-state index contributed by atoms with van der Waals surface area (Å²) in [7, 11) is 1.44. The van der Waals surface area contributed by atoms with Gasteiger partial charge in [-0.05, 0) is 32.4 Å². The van der Waals surface area contributed by atoms with Crippen LogP contribution in [0.5, 0.6) is 0 Å². The highest BCUT2D eigenvalue weighted by Gasteiger charge is 2.33. The average molecular weight is 231 g/mol. The van der Waals surface area contributed by atoms with Crippen LogP contribution >= 0.6 is 11.8 Å². The van der Waals surface area contributed by atoms with Crippen molar-refractivity contribution < 1.29 is 9.53 Å². The first-order valence-electron chi connectivity index (χ1n) is 5.45. The highest BCUT2D eigenvalue weighted by Crippen LogP contribution is 2.26. The third kappa shape index (κ3) is 3.38. The Balaban J connectivity index is 2.55. The highest BCUT2D eigenvalue weighted by atomic mass is 32.2. The summed E-state index contributed by atoms with van der Waals surface area (Å²) in [6, 6.07) is 0.415. The van der Waals surface area contributed by atoms with E-state index in [9.17, 15) is 4.79 Å². The zero-order valence-corrected chi connectivity index (χ0v) is 10.8. The van der Waals surface area contributed by atoms with Crippen LogP contribution in [0, 0.1) is 0 Å². The molecule has 1 heterocycles. The number of thioether (sulfide) groups is 1. The zero-order chi connectivity index (χ0) is 11.5. The van der Waals surface area contributed by atoms with Crippen LogP contribution in [0.4, 0.5) is 0 Å². The number of methoxy groups -OCH3 is 1. The molecular weight excluding hydrogens is 210 g/mol. The first-order chi connectivity index (χ1) is 6.97. The van der Waals surface area contributed by atoms with Crippen molar-refractivity contribution in [2.45, 2.75) is 50.4 Å². The van der Waals surface area contributed by atoms with Gasteiger partial charge in [-0.3, -0.25) is 10.1 Å². The summed E-state index contributed by atoms with van der Waals surface area (Å²) in [6.07, 6.45) is 2.37. The predicted molar refractivity (Wildman–Crippen MR) is 64.2 cm³/mol. The third-order valence-corrected chi connectivity index (χ3v) is 4.23. The lowest BCUT2D eigenvalue weighted by Crippen LogP contribution is -2.55. The molecule has 3 nitrogen and oxygen atoms in total. The number of carbonyl (C=O) groups is 1. The van der Waals surface area contributed by atoms with Gasteiger partial charge in [-0.2, -0.15) is 11.8 Å². The summed E-state index contributed by atoms with van der Waals surface area (Å²) >= 11 is 1.97. The fourth-order valence-corrected chi connectivity index (χ4v) is 3.03. The molecule has 0 aromatic heterocycles. The maximum absolute atomic E-state index is 11.5. The van der Waals surface area contributed by atoms with Gasteiger partial charge < -0.3 is 4.74 Å². The van der Waals surface area contributed by atoms with Crippen LogP contribution in [0.2, 0.25) is 0 Å². The molecule has 1 saturated heterocycles. The second-order valence-electron chi connectivity index (χ2n) is 4.59. The lowest BCUT2D eigenvalue weighted by atomic mass is 10.0. The summed E-state index contributed by atoms with van der Waals surface area (Å²) < 4.78 is 4.78. The molecule has 0 radical (unpaired) electrons. The van der Waals surface area contributed by atoms with Crippen LogP contribution in [0.15, 0.2) is 0 Å². The van der Waals surface area contributed by atoms with Crippen LogP contribution < -0.4 is 5.32 Å². The number of rotatable bonds is 3. The Kier molecular flexibility index (Phi) is 4.46. The molecule has 4 heteroatoms.